The van der Waals surface area contributed by atoms with Crippen LogP contribution in [0.25, 0.3) is 5.57 Å². The Bertz CT molecular complexity index is 1120. The molecule has 1 heterocycles. The quantitative estimate of drug-likeness (QED) is 0.611. The monoisotopic (exact) mass is 402 g/mol. The third kappa shape index (κ3) is 3.67. The van der Waals surface area contributed by atoms with E-state index in [4.69, 9.17) is 4.74 Å². The van der Waals surface area contributed by atoms with Crippen molar-refractivity contribution < 1.29 is 18.7 Å². The highest BCUT2D eigenvalue weighted by molar-refractivity contribution is 6.46. The van der Waals surface area contributed by atoms with E-state index in [9.17, 15) is 14.0 Å². The van der Waals surface area contributed by atoms with Gasteiger partial charge in [0.05, 0.1) is 17.9 Å². The molecule has 0 radical (unpaired) electrons. The van der Waals surface area contributed by atoms with Crippen molar-refractivity contribution in [3.63, 3.8) is 0 Å². The van der Waals surface area contributed by atoms with Gasteiger partial charge >= 0.3 is 0 Å². The number of nitrogens with one attached hydrogen (secondary N) is 1. The molecule has 150 valence electrons. The Morgan fingerprint density at radius 3 is 2.30 bits per heavy atom. The second kappa shape index (κ2) is 8.21. The van der Waals surface area contributed by atoms with Crippen LogP contribution in [0, 0.1) is 5.82 Å². The Balaban J connectivity index is 1.75. The van der Waals surface area contributed by atoms with Crippen LogP contribution in [0.15, 0.2) is 84.6 Å². The highest BCUT2D eigenvalue weighted by atomic mass is 19.1. The first-order chi connectivity index (χ1) is 14.6. The fourth-order valence-electron chi connectivity index (χ4n) is 3.31. The molecule has 0 saturated heterocycles. The number of rotatable bonds is 6. The second-order valence-electron chi connectivity index (χ2n) is 6.62. The van der Waals surface area contributed by atoms with Gasteiger partial charge in [-0.15, -0.1) is 0 Å². The van der Waals surface area contributed by atoms with E-state index in [2.05, 4.69) is 5.32 Å². The van der Waals surface area contributed by atoms with E-state index in [1.165, 1.54) is 18.2 Å². The van der Waals surface area contributed by atoms with Crippen molar-refractivity contribution in [1.29, 1.82) is 0 Å². The molecule has 2 amide bonds. The van der Waals surface area contributed by atoms with Crippen LogP contribution < -0.4 is 15.0 Å². The zero-order valence-electron chi connectivity index (χ0n) is 16.3. The van der Waals surface area contributed by atoms with Crippen LogP contribution in [-0.2, 0) is 9.59 Å². The Labute approximate surface area is 173 Å². The summed E-state index contributed by atoms with van der Waals surface area (Å²) in [6.07, 6.45) is 0. The number of anilines is 2. The molecule has 1 aliphatic heterocycles. The lowest BCUT2D eigenvalue weighted by Crippen LogP contribution is -2.32. The molecule has 3 aromatic carbocycles. The molecule has 0 atom stereocenters. The summed E-state index contributed by atoms with van der Waals surface area (Å²) in [6.45, 7) is 2.44. The molecule has 0 aliphatic carbocycles. The smallest absolute Gasteiger partial charge is 0.282 e. The van der Waals surface area contributed by atoms with E-state index >= 15 is 0 Å². The lowest BCUT2D eigenvalue weighted by Gasteiger charge is -2.15. The van der Waals surface area contributed by atoms with E-state index < -0.39 is 17.6 Å². The number of nitrogens with zero attached hydrogens (tertiary/aromatic N) is 1. The molecule has 4 rings (SSSR count). The summed E-state index contributed by atoms with van der Waals surface area (Å²) < 4.78 is 19.2. The molecule has 0 bridgehead atoms. The van der Waals surface area contributed by atoms with Gasteiger partial charge in [-0.25, -0.2) is 9.29 Å². The van der Waals surface area contributed by atoms with Gasteiger partial charge in [-0.2, -0.15) is 0 Å². The minimum Gasteiger partial charge on any atom is -0.494 e. The maximum atomic E-state index is 13.7. The molecular formula is C24H19FN2O3. The molecular weight excluding hydrogens is 383 g/mol. The maximum absolute atomic E-state index is 13.7. The summed E-state index contributed by atoms with van der Waals surface area (Å²) in [6, 6.07) is 21.4. The van der Waals surface area contributed by atoms with Gasteiger partial charge in [-0.1, -0.05) is 36.4 Å². The van der Waals surface area contributed by atoms with E-state index in [1.54, 1.807) is 48.5 Å². The summed E-state index contributed by atoms with van der Waals surface area (Å²) in [7, 11) is 0. The average molecular weight is 402 g/mol. The van der Waals surface area contributed by atoms with E-state index in [0.717, 1.165) is 11.0 Å². The number of hydrogen-bond acceptors (Lipinski definition) is 4. The normalized spacial score (nSPS) is 13.7. The van der Waals surface area contributed by atoms with E-state index in [-0.39, 0.29) is 17.0 Å². The van der Waals surface area contributed by atoms with Crippen molar-refractivity contribution >= 4 is 28.8 Å². The number of amides is 2. The van der Waals surface area contributed by atoms with Crippen LogP contribution in [0.1, 0.15) is 12.5 Å². The van der Waals surface area contributed by atoms with Crippen molar-refractivity contribution in [3.05, 3.63) is 95.9 Å². The van der Waals surface area contributed by atoms with Crippen molar-refractivity contribution in [2.45, 2.75) is 6.92 Å². The number of hydrogen-bond donors (Lipinski definition) is 1. The zero-order valence-corrected chi connectivity index (χ0v) is 16.3. The molecule has 0 aromatic heterocycles. The van der Waals surface area contributed by atoms with Crippen LogP contribution in [0.2, 0.25) is 0 Å². The average Bonchev–Trinajstić information content (AvgIpc) is 3.00. The van der Waals surface area contributed by atoms with Gasteiger partial charge in [0.2, 0.25) is 0 Å². The summed E-state index contributed by atoms with van der Waals surface area (Å²) in [5.41, 5.74) is 1.78. The van der Waals surface area contributed by atoms with Gasteiger partial charge in [0, 0.05) is 5.69 Å². The second-order valence-corrected chi connectivity index (χ2v) is 6.62. The standard InChI is InChI=1S/C24H19FN2O3/c1-2-30-20-13-11-18(12-14-20)26-22-21(16-7-4-3-5-8-16)23(28)27(24(22)29)19-10-6-9-17(25)15-19/h3-15,26H,2H2,1H3. The third-order valence-electron chi connectivity index (χ3n) is 4.65. The van der Waals surface area contributed by atoms with Crippen LogP contribution in [0.3, 0.4) is 0 Å². The number of benzene rings is 3. The predicted octanol–water partition coefficient (Wildman–Crippen LogP) is 4.62. The van der Waals surface area contributed by atoms with Crippen molar-refractivity contribution in [2.75, 3.05) is 16.8 Å². The minimum absolute atomic E-state index is 0.139. The Morgan fingerprint density at radius 2 is 1.63 bits per heavy atom. The van der Waals surface area contributed by atoms with Gasteiger partial charge in [-0.3, -0.25) is 9.59 Å². The van der Waals surface area contributed by atoms with Gasteiger partial charge in [0.1, 0.15) is 17.3 Å². The van der Waals surface area contributed by atoms with Crippen LogP contribution >= 0.6 is 0 Å². The van der Waals surface area contributed by atoms with E-state index in [0.29, 0.717) is 23.6 Å². The van der Waals surface area contributed by atoms with E-state index in [1.807, 2.05) is 13.0 Å². The SMILES string of the molecule is CCOc1ccc(NC2=C(c3ccccc3)C(=O)N(c3cccc(F)c3)C2=O)cc1. The molecule has 0 spiro atoms. The topological polar surface area (TPSA) is 58.6 Å². The van der Waals surface area contributed by atoms with Gasteiger partial charge in [-0.05, 0) is 55.0 Å². The zero-order chi connectivity index (χ0) is 21.1. The highest BCUT2D eigenvalue weighted by Gasteiger charge is 2.40. The molecule has 5 nitrogen and oxygen atoms in total. The fraction of sp³-hybridized carbons (Fsp3) is 0.0833. The van der Waals surface area contributed by atoms with Crippen molar-refractivity contribution in [2.24, 2.45) is 0 Å². The maximum Gasteiger partial charge on any atom is 0.282 e. The number of ether oxygens (including phenoxy) is 1. The van der Waals surface area contributed by atoms with Gasteiger partial charge < -0.3 is 10.1 Å². The first kappa shape index (κ1) is 19.4. The first-order valence-corrected chi connectivity index (χ1v) is 9.52. The third-order valence-corrected chi connectivity index (χ3v) is 4.65. The predicted molar refractivity (Wildman–Crippen MR) is 113 cm³/mol. The van der Waals surface area contributed by atoms with Crippen molar-refractivity contribution in [1.82, 2.24) is 0 Å². The summed E-state index contributed by atoms with van der Waals surface area (Å²) >= 11 is 0. The summed E-state index contributed by atoms with van der Waals surface area (Å²) in [5, 5.41) is 3.07. The lowest BCUT2D eigenvalue weighted by atomic mass is 10.0. The molecule has 1 N–H and O–H groups in total. The molecule has 0 saturated carbocycles. The number of carbonyl (C=O) groups excluding carboxylic acids is 2. The highest BCUT2D eigenvalue weighted by Crippen LogP contribution is 2.34. The Hall–Kier alpha value is -3.93. The fourth-order valence-corrected chi connectivity index (χ4v) is 3.31. The molecule has 1 aliphatic rings. The molecule has 3 aromatic rings. The summed E-state index contributed by atoms with van der Waals surface area (Å²) in [4.78, 5) is 27.4. The van der Waals surface area contributed by atoms with Crippen LogP contribution in [0.5, 0.6) is 5.75 Å². The largest absolute Gasteiger partial charge is 0.494 e. The molecule has 30 heavy (non-hydrogen) atoms. The Morgan fingerprint density at radius 1 is 0.900 bits per heavy atom. The molecule has 6 heteroatoms. The van der Waals surface area contributed by atoms with Gasteiger partial charge in [0.15, 0.2) is 0 Å². The Kier molecular flexibility index (Phi) is 5.30. The number of imide groups is 1. The summed E-state index contributed by atoms with van der Waals surface area (Å²) in [5.74, 6) is -0.874. The van der Waals surface area contributed by atoms with Crippen molar-refractivity contribution in [3.8, 4) is 5.75 Å². The molecule has 0 unspecified atom stereocenters. The number of halogens is 1. The molecule has 0 fully saturated rings. The van der Waals surface area contributed by atoms with Crippen LogP contribution in [-0.4, -0.2) is 18.4 Å². The number of carbonyl (C=O) groups is 2. The lowest BCUT2D eigenvalue weighted by molar-refractivity contribution is -0.120. The minimum atomic E-state index is -0.543. The van der Waals surface area contributed by atoms with Crippen LogP contribution in [0.4, 0.5) is 15.8 Å². The first-order valence-electron chi connectivity index (χ1n) is 9.52. The van der Waals surface area contributed by atoms with Gasteiger partial charge in [0.25, 0.3) is 11.8 Å².